The maximum absolute atomic E-state index is 11.6. The molecule has 0 aromatic heterocycles. The normalized spacial score (nSPS) is 24.8. The van der Waals surface area contributed by atoms with E-state index >= 15 is 0 Å². The highest BCUT2D eigenvalue weighted by Gasteiger charge is 2.35. The van der Waals surface area contributed by atoms with Crippen LogP contribution in [0.1, 0.15) is 18.1 Å². The van der Waals surface area contributed by atoms with Crippen molar-refractivity contribution < 1.29 is 9.53 Å². The molecule has 1 saturated heterocycles. The first-order chi connectivity index (χ1) is 7.66. The van der Waals surface area contributed by atoms with Crippen molar-refractivity contribution in [1.82, 2.24) is 4.90 Å². The molecule has 3 nitrogen and oxygen atoms in total. The number of hydrogen-bond acceptors (Lipinski definition) is 3. The summed E-state index contributed by atoms with van der Waals surface area (Å²) in [6.45, 7) is 0.766. The molecule has 86 valence electrons. The first-order valence-corrected chi connectivity index (χ1v) is 5.57. The van der Waals surface area contributed by atoms with Crippen LogP contribution in [0.5, 0.6) is 0 Å². The molecule has 0 bridgehead atoms. The lowest BCUT2D eigenvalue weighted by atomic mass is 10.00. The standard InChI is InChI=1S/C13H17NO2/c1-14(2)9-11-8-12(16-13(11)15)10-6-4-3-5-7-10/h3-7,11-12H,8-9H2,1-2H3. The molecular formula is C13H17NO2. The van der Waals surface area contributed by atoms with Crippen molar-refractivity contribution in [3.8, 4) is 0 Å². The summed E-state index contributed by atoms with van der Waals surface area (Å²) in [6, 6.07) is 9.94. The Balaban J connectivity index is 2.04. The van der Waals surface area contributed by atoms with Crippen LogP contribution >= 0.6 is 0 Å². The summed E-state index contributed by atoms with van der Waals surface area (Å²) in [4.78, 5) is 13.7. The van der Waals surface area contributed by atoms with Crippen molar-refractivity contribution in [3.63, 3.8) is 0 Å². The van der Waals surface area contributed by atoms with E-state index in [1.807, 2.05) is 49.3 Å². The van der Waals surface area contributed by atoms with E-state index in [4.69, 9.17) is 4.74 Å². The Morgan fingerprint density at radius 1 is 1.31 bits per heavy atom. The Labute approximate surface area is 96.0 Å². The molecule has 1 aromatic rings. The summed E-state index contributed by atoms with van der Waals surface area (Å²) >= 11 is 0. The molecule has 3 heteroatoms. The second kappa shape index (κ2) is 4.66. The fourth-order valence-corrected chi connectivity index (χ4v) is 2.10. The number of hydrogen-bond donors (Lipinski definition) is 0. The molecule has 0 amide bonds. The molecule has 0 N–H and O–H groups in total. The lowest BCUT2D eigenvalue weighted by Crippen LogP contribution is -2.24. The Kier molecular flexibility index (Phi) is 3.25. The second-order valence-corrected chi connectivity index (χ2v) is 4.53. The van der Waals surface area contributed by atoms with Gasteiger partial charge in [0.1, 0.15) is 6.10 Å². The second-order valence-electron chi connectivity index (χ2n) is 4.53. The first kappa shape index (κ1) is 11.1. The molecule has 2 atom stereocenters. The lowest BCUT2D eigenvalue weighted by Gasteiger charge is -2.12. The van der Waals surface area contributed by atoms with Crippen molar-refractivity contribution >= 4 is 5.97 Å². The first-order valence-electron chi connectivity index (χ1n) is 5.57. The van der Waals surface area contributed by atoms with Crippen LogP contribution in [0.2, 0.25) is 0 Å². The van der Waals surface area contributed by atoms with E-state index in [1.165, 1.54) is 0 Å². The van der Waals surface area contributed by atoms with E-state index in [1.54, 1.807) is 0 Å². The fraction of sp³-hybridized carbons (Fsp3) is 0.462. The number of rotatable bonds is 3. The van der Waals surface area contributed by atoms with Gasteiger partial charge in [-0.15, -0.1) is 0 Å². The van der Waals surface area contributed by atoms with Gasteiger partial charge in [-0.2, -0.15) is 0 Å². The van der Waals surface area contributed by atoms with Gasteiger partial charge >= 0.3 is 5.97 Å². The summed E-state index contributed by atoms with van der Waals surface area (Å²) in [7, 11) is 3.95. The third-order valence-electron chi connectivity index (χ3n) is 2.85. The minimum Gasteiger partial charge on any atom is -0.457 e. The van der Waals surface area contributed by atoms with Crippen LogP contribution in [-0.4, -0.2) is 31.5 Å². The number of ether oxygens (including phenoxy) is 1. The smallest absolute Gasteiger partial charge is 0.311 e. The van der Waals surface area contributed by atoms with Crippen LogP contribution < -0.4 is 0 Å². The molecule has 1 heterocycles. The van der Waals surface area contributed by atoms with Gasteiger partial charge in [0.2, 0.25) is 0 Å². The predicted octanol–water partition coefficient (Wildman–Crippen LogP) is 1.85. The zero-order valence-corrected chi connectivity index (χ0v) is 9.72. The van der Waals surface area contributed by atoms with Gasteiger partial charge in [-0.25, -0.2) is 0 Å². The van der Waals surface area contributed by atoms with Crippen LogP contribution in [0.15, 0.2) is 30.3 Å². The van der Waals surface area contributed by atoms with E-state index in [0.29, 0.717) is 0 Å². The van der Waals surface area contributed by atoms with Gasteiger partial charge in [0.15, 0.2) is 0 Å². The maximum atomic E-state index is 11.6. The van der Waals surface area contributed by atoms with Crippen molar-refractivity contribution in [1.29, 1.82) is 0 Å². The SMILES string of the molecule is CN(C)CC1CC(c2ccccc2)OC1=O. The molecule has 0 saturated carbocycles. The highest BCUT2D eigenvalue weighted by atomic mass is 16.6. The number of carbonyl (C=O) groups excluding carboxylic acids is 1. The number of benzene rings is 1. The minimum atomic E-state index is -0.0671. The Morgan fingerprint density at radius 3 is 2.62 bits per heavy atom. The van der Waals surface area contributed by atoms with E-state index in [2.05, 4.69) is 0 Å². The van der Waals surface area contributed by atoms with Gasteiger partial charge < -0.3 is 9.64 Å². The highest BCUT2D eigenvalue weighted by Crippen LogP contribution is 2.33. The number of nitrogens with zero attached hydrogens (tertiary/aromatic N) is 1. The topological polar surface area (TPSA) is 29.5 Å². The molecule has 2 unspecified atom stereocenters. The number of cyclic esters (lactones) is 1. The molecule has 0 radical (unpaired) electrons. The molecule has 1 fully saturated rings. The molecule has 1 aromatic carbocycles. The Morgan fingerprint density at radius 2 is 2.00 bits per heavy atom. The molecule has 16 heavy (non-hydrogen) atoms. The van der Waals surface area contributed by atoms with Gasteiger partial charge in [0.25, 0.3) is 0 Å². The molecular weight excluding hydrogens is 202 g/mol. The summed E-state index contributed by atoms with van der Waals surface area (Å²) in [6.07, 6.45) is 0.736. The van der Waals surface area contributed by atoms with Gasteiger partial charge in [0.05, 0.1) is 5.92 Å². The van der Waals surface area contributed by atoms with Crippen LogP contribution in [0.3, 0.4) is 0 Å². The van der Waals surface area contributed by atoms with Crippen molar-refractivity contribution in [2.24, 2.45) is 5.92 Å². The third-order valence-corrected chi connectivity index (χ3v) is 2.85. The summed E-state index contributed by atoms with van der Waals surface area (Å²) in [5, 5.41) is 0. The zero-order valence-electron chi connectivity index (χ0n) is 9.72. The van der Waals surface area contributed by atoms with Crippen LogP contribution in [0, 0.1) is 5.92 Å². The van der Waals surface area contributed by atoms with Crippen LogP contribution in [-0.2, 0) is 9.53 Å². The van der Waals surface area contributed by atoms with Crippen molar-refractivity contribution in [3.05, 3.63) is 35.9 Å². The zero-order chi connectivity index (χ0) is 11.5. The van der Waals surface area contributed by atoms with E-state index in [0.717, 1.165) is 18.5 Å². The maximum Gasteiger partial charge on any atom is 0.311 e. The highest BCUT2D eigenvalue weighted by molar-refractivity contribution is 5.75. The molecule has 1 aliphatic heterocycles. The lowest BCUT2D eigenvalue weighted by molar-refractivity contribution is -0.144. The van der Waals surface area contributed by atoms with E-state index in [9.17, 15) is 4.79 Å². The number of carbonyl (C=O) groups is 1. The third kappa shape index (κ3) is 2.42. The van der Waals surface area contributed by atoms with E-state index in [-0.39, 0.29) is 18.0 Å². The predicted molar refractivity (Wildman–Crippen MR) is 61.9 cm³/mol. The Bertz CT molecular complexity index is 361. The summed E-state index contributed by atoms with van der Waals surface area (Å²) < 4.78 is 5.40. The average Bonchev–Trinajstić information content (AvgIpc) is 2.61. The average molecular weight is 219 g/mol. The van der Waals surface area contributed by atoms with Gasteiger partial charge in [-0.05, 0) is 19.7 Å². The summed E-state index contributed by atoms with van der Waals surface area (Å²) in [5.74, 6) is -0.0530. The molecule has 1 aliphatic rings. The van der Waals surface area contributed by atoms with Gasteiger partial charge in [-0.3, -0.25) is 4.79 Å². The van der Waals surface area contributed by atoms with E-state index < -0.39 is 0 Å². The minimum absolute atomic E-state index is 0.0141. The van der Waals surface area contributed by atoms with Gasteiger partial charge in [0, 0.05) is 13.0 Å². The quantitative estimate of drug-likeness (QED) is 0.727. The van der Waals surface area contributed by atoms with Crippen LogP contribution in [0.25, 0.3) is 0 Å². The Hall–Kier alpha value is -1.35. The number of esters is 1. The fourth-order valence-electron chi connectivity index (χ4n) is 2.10. The monoisotopic (exact) mass is 219 g/mol. The van der Waals surface area contributed by atoms with Gasteiger partial charge in [-0.1, -0.05) is 30.3 Å². The van der Waals surface area contributed by atoms with Crippen LogP contribution in [0.4, 0.5) is 0 Å². The molecule has 0 spiro atoms. The largest absolute Gasteiger partial charge is 0.457 e. The molecule has 2 rings (SSSR count). The van der Waals surface area contributed by atoms with Crippen molar-refractivity contribution in [2.45, 2.75) is 12.5 Å². The van der Waals surface area contributed by atoms with Crippen molar-refractivity contribution in [2.75, 3.05) is 20.6 Å². The molecule has 0 aliphatic carbocycles. The summed E-state index contributed by atoms with van der Waals surface area (Å²) in [5.41, 5.74) is 1.09.